The number of hydrogen-bond donors (Lipinski definition) is 2. The van der Waals surface area contributed by atoms with E-state index in [1.165, 1.54) is 24.3 Å². The number of carbonyl (C=O) groups is 1. The molecule has 0 fully saturated rings. The molecule has 0 aliphatic heterocycles. The van der Waals surface area contributed by atoms with Gasteiger partial charge in [-0.1, -0.05) is 0 Å². The van der Waals surface area contributed by atoms with E-state index in [4.69, 9.17) is 14.6 Å². The Bertz CT molecular complexity index is 786. The normalized spacial score (nSPS) is 10.9. The molecule has 0 radical (unpaired) electrons. The Hall–Kier alpha value is -2.58. The van der Waals surface area contributed by atoms with Crippen LogP contribution in [0.1, 0.15) is 10.4 Å². The van der Waals surface area contributed by atoms with E-state index in [2.05, 4.69) is 5.32 Å². The summed E-state index contributed by atoms with van der Waals surface area (Å²) in [6.45, 7) is 0.606. The van der Waals surface area contributed by atoms with Gasteiger partial charge in [-0.25, -0.2) is 13.6 Å². The van der Waals surface area contributed by atoms with Crippen LogP contribution in [0.2, 0.25) is 0 Å². The van der Waals surface area contributed by atoms with Crippen molar-refractivity contribution in [2.75, 3.05) is 20.3 Å². The molecule has 0 atom stereocenters. The molecular weight excluding hydrogens is 332 g/mol. The Labute approximate surface area is 140 Å². The van der Waals surface area contributed by atoms with E-state index in [0.29, 0.717) is 24.5 Å². The van der Waals surface area contributed by atoms with Crippen molar-refractivity contribution in [1.82, 2.24) is 5.32 Å². The molecule has 0 aliphatic rings. The van der Waals surface area contributed by atoms with Crippen LogP contribution in [0, 0.1) is 0 Å². The smallest absolute Gasteiger partial charge is 0.251 e. The van der Waals surface area contributed by atoms with E-state index in [0.717, 1.165) is 5.75 Å². The average Bonchev–Trinajstić information content (AvgIpc) is 2.58. The van der Waals surface area contributed by atoms with Crippen molar-refractivity contribution in [1.29, 1.82) is 0 Å². The fourth-order valence-electron chi connectivity index (χ4n) is 1.90. The van der Waals surface area contributed by atoms with E-state index in [1.807, 2.05) is 0 Å². The van der Waals surface area contributed by atoms with Crippen LogP contribution in [0.25, 0.3) is 0 Å². The SMILES string of the molecule is COc1ccc(OCCNC(=O)c2ccc(S(N)(=O)=O)cc2)cc1. The fraction of sp³-hybridized carbons (Fsp3) is 0.188. The zero-order chi connectivity index (χ0) is 17.6. The van der Waals surface area contributed by atoms with Gasteiger partial charge in [0.15, 0.2) is 0 Å². The van der Waals surface area contributed by atoms with Gasteiger partial charge in [0.05, 0.1) is 18.6 Å². The maximum Gasteiger partial charge on any atom is 0.251 e. The number of nitrogens with one attached hydrogen (secondary N) is 1. The highest BCUT2D eigenvalue weighted by atomic mass is 32.2. The molecule has 2 rings (SSSR count). The topological polar surface area (TPSA) is 108 Å². The van der Waals surface area contributed by atoms with Gasteiger partial charge in [0.1, 0.15) is 18.1 Å². The maximum absolute atomic E-state index is 11.9. The quantitative estimate of drug-likeness (QED) is 0.728. The molecule has 0 spiro atoms. The maximum atomic E-state index is 11.9. The van der Waals surface area contributed by atoms with Crippen molar-refractivity contribution in [2.24, 2.45) is 5.14 Å². The molecule has 0 heterocycles. The monoisotopic (exact) mass is 350 g/mol. The van der Waals surface area contributed by atoms with Gasteiger partial charge in [0.25, 0.3) is 5.91 Å². The minimum Gasteiger partial charge on any atom is -0.497 e. The number of ether oxygens (including phenoxy) is 2. The Morgan fingerprint density at radius 2 is 1.62 bits per heavy atom. The molecule has 2 aromatic rings. The lowest BCUT2D eigenvalue weighted by atomic mass is 10.2. The van der Waals surface area contributed by atoms with Crippen LogP contribution in [-0.2, 0) is 10.0 Å². The molecule has 2 aromatic carbocycles. The summed E-state index contributed by atoms with van der Waals surface area (Å²) in [5.74, 6) is 1.08. The number of sulfonamides is 1. The summed E-state index contributed by atoms with van der Waals surface area (Å²) < 4.78 is 32.8. The third-order valence-corrected chi connectivity index (χ3v) is 4.09. The molecule has 0 saturated heterocycles. The van der Waals surface area contributed by atoms with Gasteiger partial charge in [-0.2, -0.15) is 0 Å². The Morgan fingerprint density at radius 3 is 2.17 bits per heavy atom. The van der Waals surface area contributed by atoms with Crippen molar-refractivity contribution in [2.45, 2.75) is 4.90 Å². The van der Waals surface area contributed by atoms with Crippen LogP contribution in [0.4, 0.5) is 0 Å². The van der Waals surface area contributed by atoms with E-state index < -0.39 is 10.0 Å². The zero-order valence-corrected chi connectivity index (χ0v) is 13.9. The second kappa shape index (κ2) is 7.80. The highest BCUT2D eigenvalue weighted by Gasteiger charge is 2.10. The van der Waals surface area contributed by atoms with E-state index in [1.54, 1.807) is 31.4 Å². The molecule has 24 heavy (non-hydrogen) atoms. The summed E-state index contributed by atoms with van der Waals surface area (Å²) in [7, 11) is -2.18. The van der Waals surface area contributed by atoms with Crippen LogP contribution >= 0.6 is 0 Å². The van der Waals surface area contributed by atoms with Crippen LogP contribution in [0.3, 0.4) is 0 Å². The van der Waals surface area contributed by atoms with Crippen LogP contribution < -0.4 is 19.9 Å². The molecule has 1 amide bonds. The fourth-order valence-corrected chi connectivity index (χ4v) is 2.42. The van der Waals surface area contributed by atoms with Crippen molar-refractivity contribution in [3.8, 4) is 11.5 Å². The number of methoxy groups -OCH3 is 1. The molecule has 0 saturated carbocycles. The largest absolute Gasteiger partial charge is 0.497 e. The minimum atomic E-state index is -3.76. The molecule has 0 aliphatic carbocycles. The number of amides is 1. The molecule has 0 bridgehead atoms. The van der Waals surface area contributed by atoms with Crippen molar-refractivity contribution >= 4 is 15.9 Å². The lowest BCUT2D eigenvalue weighted by Gasteiger charge is -2.08. The third-order valence-electron chi connectivity index (χ3n) is 3.16. The minimum absolute atomic E-state index is 0.0399. The first kappa shape index (κ1) is 17.8. The molecule has 0 unspecified atom stereocenters. The Kier molecular flexibility index (Phi) is 5.78. The highest BCUT2D eigenvalue weighted by Crippen LogP contribution is 2.16. The predicted octanol–water partition coefficient (Wildman–Crippen LogP) is 1.15. The highest BCUT2D eigenvalue weighted by molar-refractivity contribution is 7.89. The van der Waals surface area contributed by atoms with Crippen molar-refractivity contribution < 1.29 is 22.7 Å². The first-order valence-electron chi connectivity index (χ1n) is 7.08. The third kappa shape index (κ3) is 4.97. The molecule has 0 aromatic heterocycles. The second-order valence-corrected chi connectivity index (χ2v) is 6.41. The summed E-state index contributed by atoms with van der Waals surface area (Å²) in [6.07, 6.45) is 0. The van der Waals surface area contributed by atoms with E-state index in [9.17, 15) is 13.2 Å². The van der Waals surface area contributed by atoms with E-state index >= 15 is 0 Å². The predicted molar refractivity (Wildman–Crippen MR) is 88.6 cm³/mol. The molecule has 3 N–H and O–H groups in total. The van der Waals surface area contributed by atoms with Gasteiger partial charge >= 0.3 is 0 Å². The summed E-state index contributed by atoms with van der Waals surface area (Å²) >= 11 is 0. The lowest BCUT2D eigenvalue weighted by Crippen LogP contribution is -2.28. The molecule has 8 heteroatoms. The number of benzene rings is 2. The molecule has 128 valence electrons. The summed E-state index contributed by atoms with van der Waals surface area (Å²) in [5.41, 5.74) is 0.340. The summed E-state index contributed by atoms with van der Waals surface area (Å²) in [5, 5.41) is 7.68. The number of hydrogen-bond acceptors (Lipinski definition) is 5. The van der Waals surface area contributed by atoms with Gasteiger partial charge in [-0.3, -0.25) is 4.79 Å². The number of carbonyl (C=O) groups excluding carboxylic acids is 1. The number of primary sulfonamides is 1. The van der Waals surface area contributed by atoms with Crippen molar-refractivity contribution in [3.63, 3.8) is 0 Å². The average molecular weight is 350 g/mol. The van der Waals surface area contributed by atoms with Gasteiger partial charge in [0, 0.05) is 5.56 Å². The number of rotatable bonds is 7. The van der Waals surface area contributed by atoms with Gasteiger partial charge in [-0.15, -0.1) is 0 Å². The van der Waals surface area contributed by atoms with Crippen LogP contribution in [0.15, 0.2) is 53.4 Å². The first-order chi connectivity index (χ1) is 11.4. The second-order valence-electron chi connectivity index (χ2n) is 4.85. The summed E-state index contributed by atoms with van der Waals surface area (Å²) in [6, 6.07) is 12.5. The van der Waals surface area contributed by atoms with Crippen LogP contribution in [0.5, 0.6) is 11.5 Å². The lowest BCUT2D eigenvalue weighted by molar-refractivity contribution is 0.0947. The number of nitrogens with two attached hydrogens (primary N) is 1. The molecule has 7 nitrogen and oxygen atoms in total. The zero-order valence-electron chi connectivity index (χ0n) is 13.1. The molecular formula is C16H18N2O5S. The Morgan fingerprint density at radius 1 is 1.04 bits per heavy atom. The van der Waals surface area contributed by atoms with Crippen molar-refractivity contribution in [3.05, 3.63) is 54.1 Å². The van der Waals surface area contributed by atoms with Gasteiger partial charge < -0.3 is 14.8 Å². The first-order valence-corrected chi connectivity index (χ1v) is 8.63. The van der Waals surface area contributed by atoms with Gasteiger partial charge in [-0.05, 0) is 48.5 Å². The van der Waals surface area contributed by atoms with E-state index in [-0.39, 0.29) is 10.8 Å². The Balaban J connectivity index is 1.80. The standard InChI is InChI=1S/C16H18N2O5S/c1-22-13-4-6-14(7-5-13)23-11-10-18-16(19)12-2-8-15(9-3-12)24(17,20)21/h2-9H,10-11H2,1H3,(H,18,19)(H2,17,20,21). The summed E-state index contributed by atoms with van der Waals surface area (Å²) in [4.78, 5) is 11.9. The van der Waals surface area contributed by atoms with Crippen LogP contribution in [-0.4, -0.2) is 34.6 Å². The van der Waals surface area contributed by atoms with Gasteiger partial charge in [0.2, 0.25) is 10.0 Å².